The number of hydrogen-bond donors (Lipinski definition) is 0. The normalized spacial score (nSPS) is 10.8. The SMILES string of the molecule is CC=NCCOCC. The van der Waals surface area contributed by atoms with Crippen molar-refractivity contribution in [3.05, 3.63) is 0 Å². The molecule has 0 unspecified atom stereocenters. The molecule has 0 amide bonds. The average Bonchev–Trinajstić information content (AvgIpc) is 1.81. The van der Waals surface area contributed by atoms with Crippen LogP contribution in [-0.2, 0) is 4.74 Å². The number of nitrogens with zero attached hydrogens (tertiary/aromatic N) is 1. The Labute approximate surface area is 50.6 Å². The van der Waals surface area contributed by atoms with E-state index in [1.807, 2.05) is 13.8 Å². The van der Waals surface area contributed by atoms with Crippen molar-refractivity contribution in [3.8, 4) is 0 Å². The lowest BCUT2D eigenvalue weighted by Crippen LogP contribution is -1.96. The van der Waals surface area contributed by atoms with Crippen LogP contribution in [0.15, 0.2) is 4.99 Å². The molecule has 0 saturated carbocycles. The lowest BCUT2D eigenvalue weighted by atomic mass is 10.7. The minimum atomic E-state index is 0.751. The highest BCUT2D eigenvalue weighted by molar-refractivity contribution is 5.53. The molecule has 0 aromatic rings. The summed E-state index contributed by atoms with van der Waals surface area (Å²) in [6.45, 7) is 6.23. The standard InChI is InChI=1S/C6H13NO/c1-3-7-5-6-8-4-2/h3H,4-6H2,1-2H3. The number of aliphatic imine (C=N–C) groups is 1. The zero-order valence-electron chi connectivity index (χ0n) is 5.55. The van der Waals surface area contributed by atoms with Gasteiger partial charge < -0.3 is 4.74 Å². The van der Waals surface area contributed by atoms with E-state index in [2.05, 4.69) is 4.99 Å². The van der Waals surface area contributed by atoms with Crippen LogP contribution in [0.1, 0.15) is 13.8 Å². The summed E-state index contributed by atoms with van der Waals surface area (Å²) in [7, 11) is 0. The van der Waals surface area contributed by atoms with E-state index in [-0.39, 0.29) is 0 Å². The van der Waals surface area contributed by atoms with Gasteiger partial charge in [0.25, 0.3) is 0 Å². The highest BCUT2D eigenvalue weighted by atomic mass is 16.5. The second-order valence-corrected chi connectivity index (χ2v) is 1.36. The van der Waals surface area contributed by atoms with Crippen LogP contribution in [0, 0.1) is 0 Å². The summed E-state index contributed by atoms with van der Waals surface area (Å²) in [5.41, 5.74) is 0. The van der Waals surface area contributed by atoms with E-state index >= 15 is 0 Å². The molecule has 0 rings (SSSR count). The van der Waals surface area contributed by atoms with Crippen molar-refractivity contribution in [2.24, 2.45) is 4.99 Å². The molecule has 48 valence electrons. The summed E-state index contributed by atoms with van der Waals surface area (Å²) in [5, 5.41) is 0. The Morgan fingerprint density at radius 3 is 2.88 bits per heavy atom. The fourth-order valence-electron chi connectivity index (χ4n) is 0.391. The van der Waals surface area contributed by atoms with Crippen LogP contribution in [0.2, 0.25) is 0 Å². The van der Waals surface area contributed by atoms with Crippen molar-refractivity contribution in [1.82, 2.24) is 0 Å². The summed E-state index contributed by atoms with van der Waals surface area (Å²) in [6, 6.07) is 0. The molecule has 0 aliphatic heterocycles. The third-order valence-corrected chi connectivity index (χ3v) is 0.751. The molecule has 0 fully saturated rings. The highest BCUT2D eigenvalue weighted by Crippen LogP contribution is 1.72. The third-order valence-electron chi connectivity index (χ3n) is 0.751. The van der Waals surface area contributed by atoms with E-state index in [0.717, 1.165) is 19.8 Å². The monoisotopic (exact) mass is 115 g/mol. The van der Waals surface area contributed by atoms with Crippen LogP contribution in [-0.4, -0.2) is 26.0 Å². The molecule has 0 bridgehead atoms. The third kappa shape index (κ3) is 5.63. The molecule has 2 heteroatoms. The maximum atomic E-state index is 5.02. The first-order valence-corrected chi connectivity index (χ1v) is 2.94. The van der Waals surface area contributed by atoms with Crippen LogP contribution >= 0.6 is 0 Å². The van der Waals surface area contributed by atoms with E-state index in [1.165, 1.54) is 0 Å². The quantitative estimate of drug-likeness (QED) is 0.397. The molecule has 0 atom stereocenters. The second kappa shape index (κ2) is 6.63. The van der Waals surface area contributed by atoms with Crippen molar-refractivity contribution in [2.75, 3.05) is 19.8 Å². The first kappa shape index (κ1) is 7.63. The van der Waals surface area contributed by atoms with Crippen LogP contribution in [0.3, 0.4) is 0 Å². The summed E-state index contributed by atoms with van der Waals surface area (Å²) < 4.78 is 5.02. The predicted octanol–water partition coefficient (Wildman–Crippen LogP) is 1.11. The molecule has 2 nitrogen and oxygen atoms in total. The maximum absolute atomic E-state index is 5.02. The molecular formula is C6H13NO. The Hall–Kier alpha value is -0.370. The van der Waals surface area contributed by atoms with Crippen LogP contribution in [0.4, 0.5) is 0 Å². The zero-order chi connectivity index (χ0) is 6.24. The molecule has 0 heterocycles. The van der Waals surface area contributed by atoms with Crippen molar-refractivity contribution in [3.63, 3.8) is 0 Å². The summed E-state index contributed by atoms with van der Waals surface area (Å²) >= 11 is 0. The summed E-state index contributed by atoms with van der Waals surface area (Å²) in [4.78, 5) is 3.96. The minimum absolute atomic E-state index is 0.751. The van der Waals surface area contributed by atoms with Crippen molar-refractivity contribution >= 4 is 6.21 Å². The van der Waals surface area contributed by atoms with Crippen LogP contribution in [0.25, 0.3) is 0 Å². The van der Waals surface area contributed by atoms with E-state index in [1.54, 1.807) is 6.21 Å². The molecule has 0 aromatic heterocycles. The lowest BCUT2D eigenvalue weighted by molar-refractivity contribution is 0.156. The van der Waals surface area contributed by atoms with Gasteiger partial charge in [-0.3, -0.25) is 4.99 Å². The van der Waals surface area contributed by atoms with Gasteiger partial charge in [0.1, 0.15) is 0 Å². The Morgan fingerprint density at radius 2 is 2.38 bits per heavy atom. The van der Waals surface area contributed by atoms with Gasteiger partial charge >= 0.3 is 0 Å². The van der Waals surface area contributed by atoms with Gasteiger partial charge in [-0.2, -0.15) is 0 Å². The molecule has 0 spiro atoms. The fourth-order valence-corrected chi connectivity index (χ4v) is 0.391. The molecule has 0 saturated heterocycles. The number of hydrogen-bond acceptors (Lipinski definition) is 2. The van der Waals surface area contributed by atoms with E-state index in [9.17, 15) is 0 Å². The van der Waals surface area contributed by atoms with Gasteiger partial charge in [-0.25, -0.2) is 0 Å². The largest absolute Gasteiger partial charge is 0.380 e. The molecule has 8 heavy (non-hydrogen) atoms. The molecule has 0 aromatic carbocycles. The highest BCUT2D eigenvalue weighted by Gasteiger charge is 1.77. The first-order valence-electron chi connectivity index (χ1n) is 2.94. The van der Waals surface area contributed by atoms with Gasteiger partial charge in [0.05, 0.1) is 13.2 Å². The summed E-state index contributed by atoms with van der Waals surface area (Å²) in [5.74, 6) is 0. The van der Waals surface area contributed by atoms with Crippen molar-refractivity contribution < 1.29 is 4.74 Å². The topological polar surface area (TPSA) is 21.6 Å². The van der Waals surface area contributed by atoms with E-state index in [4.69, 9.17) is 4.74 Å². The fraction of sp³-hybridized carbons (Fsp3) is 0.833. The molecular weight excluding hydrogens is 102 g/mol. The van der Waals surface area contributed by atoms with Crippen molar-refractivity contribution in [1.29, 1.82) is 0 Å². The minimum Gasteiger partial charge on any atom is -0.380 e. The Morgan fingerprint density at radius 1 is 1.62 bits per heavy atom. The van der Waals surface area contributed by atoms with Gasteiger partial charge in [-0.1, -0.05) is 0 Å². The Balaban J connectivity index is 2.72. The van der Waals surface area contributed by atoms with Gasteiger partial charge in [0.15, 0.2) is 0 Å². The second-order valence-electron chi connectivity index (χ2n) is 1.36. The zero-order valence-corrected chi connectivity index (χ0v) is 5.55. The van der Waals surface area contributed by atoms with Crippen LogP contribution < -0.4 is 0 Å². The summed E-state index contributed by atoms with van der Waals surface area (Å²) in [6.07, 6.45) is 1.79. The molecule has 0 N–H and O–H groups in total. The Kier molecular flexibility index (Phi) is 6.32. The van der Waals surface area contributed by atoms with Crippen LogP contribution in [0.5, 0.6) is 0 Å². The molecule has 0 radical (unpaired) electrons. The lowest BCUT2D eigenvalue weighted by Gasteiger charge is -1.93. The van der Waals surface area contributed by atoms with Gasteiger partial charge in [-0.15, -0.1) is 0 Å². The van der Waals surface area contributed by atoms with Gasteiger partial charge in [-0.05, 0) is 20.1 Å². The van der Waals surface area contributed by atoms with Gasteiger partial charge in [0, 0.05) is 6.61 Å². The predicted molar refractivity (Wildman–Crippen MR) is 35.5 cm³/mol. The molecule has 0 aliphatic carbocycles. The van der Waals surface area contributed by atoms with E-state index in [0.29, 0.717) is 0 Å². The first-order chi connectivity index (χ1) is 3.91. The van der Waals surface area contributed by atoms with Crippen molar-refractivity contribution in [2.45, 2.75) is 13.8 Å². The number of rotatable bonds is 4. The molecule has 0 aliphatic rings. The smallest absolute Gasteiger partial charge is 0.0661 e. The van der Waals surface area contributed by atoms with E-state index < -0.39 is 0 Å². The van der Waals surface area contributed by atoms with Gasteiger partial charge in [0.2, 0.25) is 0 Å². The Bertz CT molecular complexity index is 61.5. The average molecular weight is 115 g/mol. The number of ether oxygens (including phenoxy) is 1. The maximum Gasteiger partial charge on any atom is 0.0661 e.